The maximum Gasteiger partial charge on any atom is 0.239 e. The lowest BCUT2D eigenvalue weighted by molar-refractivity contribution is -0.126. The van der Waals surface area contributed by atoms with E-state index in [1.54, 1.807) is 0 Å². The van der Waals surface area contributed by atoms with Crippen LogP contribution in [0, 0.1) is 5.92 Å². The van der Waals surface area contributed by atoms with Gasteiger partial charge >= 0.3 is 0 Å². The zero-order valence-electron chi connectivity index (χ0n) is 10.4. The minimum Gasteiger partial charge on any atom is -0.379 e. The minimum absolute atomic E-state index is 0.340. The van der Waals surface area contributed by atoms with Gasteiger partial charge in [0.2, 0.25) is 5.91 Å². The molecule has 1 fully saturated rings. The molecule has 16 heavy (non-hydrogen) atoms. The Morgan fingerprint density at radius 3 is 2.75 bits per heavy atom. The first-order valence-electron chi connectivity index (χ1n) is 6.21. The van der Waals surface area contributed by atoms with Crippen molar-refractivity contribution in [3.8, 4) is 0 Å². The number of carbonyl (C=O) groups is 1. The van der Waals surface area contributed by atoms with Crippen LogP contribution in [0.15, 0.2) is 0 Å². The summed E-state index contributed by atoms with van der Waals surface area (Å²) in [6.07, 6.45) is 4.77. The Hall–Kier alpha value is -0.610. The minimum atomic E-state index is -0.723. The summed E-state index contributed by atoms with van der Waals surface area (Å²) in [5, 5.41) is 3.15. The summed E-state index contributed by atoms with van der Waals surface area (Å²) in [6.45, 7) is 5.76. The average molecular weight is 228 g/mol. The monoisotopic (exact) mass is 228 g/mol. The fraction of sp³-hybridized carbons (Fsp3) is 0.917. The lowest BCUT2D eigenvalue weighted by Crippen LogP contribution is -2.56. The first-order chi connectivity index (χ1) is 7.58. The molecule has 94 valence electrons. The van der Waals surface area contributed by atoms with E-state index in [0.29, 0.717) is 6.61 Å². The maximum atomic E-state index is 11.3. The van der Waals surface area contributed by atoms with Gasteiger partial charge in [0.1, 0.15) is 5.54 Å². The molecule has 0 aromatic heterocycles. The summed E-state index contributed by atoms with van der Waals surface area (Å²) in [5.74, 6) is 0.524. The smallest absolute Gasteiger partial charge is 0.239 e. The number of hydrogen-bond acceptors (Lipinski definition) is 3. The molecule has 1 aliphatic rings. The Balaban J connectivity index is 2.21. The molecule has 1 rings (SSSR count). The van der Waals surface area contributed by atoms with Gasteiger partial charge in [0.05, 0.1) is 6.61 Å². The molecule has 0 aromatic rings. The van der Waals surface area contributed by atoms with Crippen LogP contribution in [-0.4, -0.2) is 31.2 Å². The molecule has 0 aromatic carbocycles. The van der Waals surface area contributed by atoms with Gasteiger partial charge in [-0.3, -0.25) is 4.79 Å². The standard InChI is InChI=1S/C12H24N2O2/c1-3-7-14-12(2,11(13)15)9-16-8-6-10-4-5-10/h10,14H,3-9H2,1-2H3,(H2,13,15). The zero-order valence-corrected chi connectivity index (χ0v) is 10.4. The van der Waals surface area contributed by atoms with E-state index in [-0.39, 0.29) is 5.91 Å². The van der Waals surface area contributed by atoms with Gasteiger partial charge in [0.15, 0.2) is 0 Å². The first kappa shape index (κ1) is 13.5. The Morgan fingerprint density at radius 1 is 1.56 bits per heavy atom. The molecule has 3 N–H and O–H groups in total. The highest BCUT2D eigenvalue weighted by Crippen LogP contribution is 2.32. The predicted octanol–water partition coefficient (Wildman–Crippen LogP) is 1.05. The number of amides is 1. The van der Waals surface area contributed by atoms with Crippen LogP contribution in [0.4, 0.5) is 0 Å². The molecular weight excluding hydrogens is 204 g/mol. The topological polar surface area (TPSA) is 64.3 Å². The Kier molecular flexibility index (Phi) is 5.22. The number of nitrogens with two attached hydrogens (primary N) is 1. The zero-order chi connectivity index (χ0) is 12.0. The quantitative estimate of drug-likeness (QED) is 0.580. The summed E-state index contributed by atoms with van der Waals surface area (Å²) in [7, 11) is 0. The number of rotatable bonds is 9. The van der Waals surface area contributed by atoms with E-state index in [9.17, 15) is 4.79 Å². The molecule has 0 heterocycles. The average Bonchev–Trinajstić information content (AvgIpc) is 3.05. The molecule has 1 amide bonds. The summed E-state index contributed by atoms with van der Waals surface area (Å²) in [5.41, 5.74) is 4.66. The van der Waals surface area contributed by atoms with Crippen LogP contribution in [-0.2, 0) is 9.53 Å². The van der Waals surface area contributed by atoms with Gasteiger partial charge in [-0.05, 0) is 32.2 Å². The fourth-order valence-corrected chi connectivity index (χ4v) is 1.54. The van der Waals surface area contributed by atoms with Crippen molar-refractivity contribution in [3.63, 3.8) is 0 Å². The van der Waals surface area contributed by atoms with Crippen molar-refractivity contribution in [2.75, 3.05) is 19.8 Å². The van der Waals surface area contributed by atoms with E-state index in [1.807, 2.05) is 6.92 Å². The Bertz CT molecular complexity index is 229. The largest absolute Gasteiger partial charge is 0.379 e. The molecule has 1 aliphatic carbocycles. The lowest BCUT2D eigenvalue weighted by Gasteiger charge is -2.27. The number of hydrogen-bond donors (Lipinski definition) is 2. The highest BCUT2D eigenvalue weighted by atomic mass is 16.5. The first-order valence-corrected chi connectivity index (χ1v) is 6.21. The predicted molar refractivity (Wildman–Crippen MR) is 64.1 cm³/mol. The van der Waals surface area contributed by atoms with Gasteiger partial charge in [-0.1, -0.05) is 19.8 Å². The Morgan fingerprint density at radius 2 is 2.25 bits per heavy atom. The molecule has 0 spiro atoms. The SMILES string of the molecule is CCCNC(C)(COCCC1CC1)C(N)=O. The van der Waals surface area contributed by atoms with E-state index < -0.39 is 5.54 Å². The molecule has 4 nitrogen and oxygen atoms in total. The summed E-state index contributed by atoms with van der Waals surface area (Å²) < 4.78 is 5.54. The van der Waals surface area contributed by atoms with Gasteiger partial charge in [-0.25, -0.2) is 0 Å². The van der Waals surface area contributed by atoms with Crippen LogP contribution in [0.2, 0.25) is 0 Å². The third-order valence-corrected chi connectivity index (χ3v) is 3.07. The number of primary amides is 1. The highest BCUT2D eigenvalue weighted by Gasteiger charge is 2.30. The number of nitrogens with one attached hydrogen (secondary N) is 1. The van der Waals surface area contributed by atoms with Crippen molar-refractivity contribution in [2.45, 2.75) is 45.1 Å². The molecular formula is C12H24N2O2. The van der Waals surface area contributed by atoms with Crippen LogP contribution in [0.3, 0.4) is 0 Å². The van der Waals surface area contributed by atoms with Crippen molar-refractivity contribution in [1.82, 2.24) is 5.32 Å². The lowest BCUT2D eigenvalue weighted by atomic mass is 10.0. The van der Waals surface area contributed by atoms with Crippen LogP contribution in [0.5, 0.6) is 0 Å². The van der Waals surface area contributed by atoms with Crippen molar-refractivity contribution >= 4 is 5.91 Å². The third-order valence-electron chi connectivity index (χ3n) is 3.07. The molecule has 4 heteroatoms. The van der Waals surface area contributed by atoms with E-state index in [0.717, 1.165) is 31.9 Å². The second-order valence-electron chi connectivity index (χ2n) is 4.91. The maximum absolute atomic E-state index is 11.3. The van der Waals surface area contributed by atoms with Gasteiger partial charge in [0.25, 0.3) is 0 Å². The molecule has 0 aliphatic heterocycles. The molecule has 0 bridgehead atoms. The summed E-state index contributed by atoms with van der Waals surface area (Å²) in [6, 6.07) is 0. The van der Waals surface area contributed by atoms with Crippen LogP contribution >= 0.6 is 0 Å². The summed E-state index contributed by atoms with van der Waals surface area (Å²) >= 11 is 0. The van der Waals surface area contributed by atoms with Crippen molar-refractivity contribution in [1.29, 1.82) is 0 Å². The second kappa shape index (κ2) is 6.21. The van der Waals surface area contributed by atoms with Gasteiger partial charge < -0.3 is 15.8 Å². The number of ether oxygens (including phenoxy) is 1. The van der Waals surface area contributed by atoms with Crippen molar-refractivity contribution in [3.05, 3.63) is 0 Å². The van der Waals surface area contributed by atoms with Gasteiger partial charge in [-0.15, -0.1) is 0 Å². The van der Waals surface area contributed by atoms with E-state index >= 15 is 0 Å². The van der Waals surface area contributed by atoms with E-state index in [1.165, 1.54) is 12.8 Å². The fourth-order valence-electron chi connectivity index (χ4n) is 1.54. The second-order valence-corrected chi connectivity index (χ2v) is 4.91. The van der Waals surface area contributed by atoms with Gasteiger partial charge in [-0.2, -0.15) is 0 Å². The number of carbonyl (C=O) groups excluding carboxylic acids is 1. The third kappa shape index (κ3) is 4.49. The molecule has 1 unspecified atom stereocenters. The molecule has 1 saturated carbocycles. The van der Waals surface area contributed by atoms with Crippen LogP contribution in [0.25, 0.3) is 0 Å². The van der Waals surface area contributed by atoms with E-state index in [4.69, 9.17) is 10.5 Å². The van der Waals surface area contributed by atoms with E-state index in [2.05, 4.69) is 12.2 Å². The molecule has 0 saturated heterocycles. The normalized spacial score (nSPS) is 19.4. The van der Waals surface area contributed by atoms with Crippen LogP contribution in [0.1, 0.15) is 39.5 Å². The summed E-state index contributed by atoms with van der Waals surface area (Å²) in [4.78, 5) is 11.3. The molecule has 1 atom stereocenters. The van der Waals surface area contributed by atoms with Crippen LogP contribution < -0.4 is 11.1 Å². The molecule has 0 radical (unpaired) electrons. The Labute approximate surface area is 97.9 Å². The van der Waals surface area contributed by atoms with Gasteiger partial charge in [0, 0.05) is 6.61 Å². The van der Waals surface area contributed by atoms with Crippen molar-refractivity contribution in [2.24, 2.45) is 11.7 Å². The van der Waals surface area contributed by atoms with Crippen molar-refractivity contribution < 1.29 is 9.53 Å². The highest BCUT2D eigenvalue weighted by molar-refractivity contribution is 5.84.